The highest BCUT2D eigenvalue weighted by Gasteiger charge is 2.29. The van der Waals surface area contributed by atoms with Crippen molar-refractivity contribution in [1.82, 2.24) is 10.6 Å². The number of carbonyl (C=O) groups is 1. The monoisotopic (exact) mass is 202 g/mol. The Balaban J connectivity index is 2.21. The molecule has 0 radical (unpaired) electrons. The SMILES string of the molecule is CCNC(=O)NCC1(C)CCCS1. The lowest BCUT2D eigenvalue weighted by Crippen LogP contribution is -2.42. The number of urea groups is 1. The van der Waals surface area contributed by atoms with Crippen molar-refractivity contribution >= 4 is 17.8 Å². The first-order valence-electron chi connectivity index (χ1n) is 4.82. The van der Waals surface area contributed by atoms with Crippen molar-refractivity contribution in [3.8, 4) is 0 Å². The standard InChI is InChI=1S/C9H18N2OS/c1-3-10-8(12)11-7-9(2)5-4-6-13-9/h3-7H2,1-2H3,(H2,10,11,12). The minimum Gasteiger partial charge on any atom is -0.338 e. The summed E-state index contributed by atoms with van der Waals surface area (Å²) < 4.78 is 0.269. The normalized spacial score (nSPS) is 27.2. The van der Waals surface area contributed by atoms with Gasteiger partial charge in [0, 0.05) is 17.8 Å². The summed E-state index contributed by atoms with van der Waals surface area (Å²) in [6.07, 6.45) is 2.49. The molecule has 0 aromatic rings. The Hall–Kier alpha value is -0.380. The molecule has 1 saturated heterocycles. The largest absolute Gasteiger partial charge is 0.338 e. The summed E-state index contributed by atoms with van der Waals surface area (Å²) in [5, 5.41) is 5.62. The first kappa shape index (κ1) is 10.7. The molecule has 1 unspecified atom stereocenters. The van der Waals surface area contributed by atoms with Crippen LogP contribution in [0.3, 0.4) is 0 Å². The number of rotatable bonds is 3. The first-order valence-corrected chi connectivity index (χ1v) is 5.80. The number of hydrogen-bond donors (Lipinski definition) is 2. The molecule has 0 aliphatic carbocycles. The van der Waals surface area contributed by atoms with Gasteiger partial charge in [-0.3, -0.25) is 0 Å². The molecule has 1 aliphatic heterocycles. The zero-order valence-corrected chi connectivity index (χ0v) is 9.17. The molecule has 1 rings (SSSR count). The molecule has 0 spiro atoms. The second-order valence-corrected chi connectivity index (χ2v) is 5.30. The molecule has 1 fully saturated rings. The van der Waals surface area contributed by atoms with Crippen molar-refractivity contribution in [3.63, 3.8) is 0 Å². The van der Waals surface area contributed by atoms with Gasteiger partial charge in [0.05, 0.1) is 0 Å². The van der Waals surface area contributed by atoms with Crippen LogP contribution in [0.2, 0.25) is 0 Å². The third-order valence-corrected chi connectivity index (χ3v) is 3.80. The maximum atomic E-state index is 11.1. The van der Waals surface area contributed by atoms with E-state index in [1.54, 1.807) is 0 Å². The maximum absolute atomic E-state index is 11.1. The zero-order valence-electron chi connectivity index (χ0n) is 8.35. The summed E-state index contributed by atoms with van der Waals surface area (Å²) in [5.41, 5.74) is 0. The highest BCUT2D eigenvalue weighted by molar-refractivity contribution is 8.00. The van der Waals surface area contributed by atoms with Crippen LogP contribution in [0.1, 0.15) is 26.7 Å². The van der Waals surface area contributed by atoms with Gasteiger partial charge in [-0.2, -0.15) is 11.8 Å². The van der Waals surface area contributed by atoms with Gasteiger partial charge >= 0.3 is 6.03 Å². The predicted octanol–water partition coefficient (Wildman–Crippen LogP) is 1.59. The van der Waals surface area contributed by atoms with Crippen LogP contribution in [-0.4, -0.2) is 29.6 Å². The third-order valence-electron chi connectivity index (χ3n) is 2.26. The van der Waals surface area contributed by atoms with Crippen LogP contribution in [0.4, 0.5) is 4.79 Å². The Morgan fingerprint density at radius 3 is 2.85 bits per heavy atom. The second kappa shape index (κ2) is 4.74. The van der Waals surface area contributed by atoms with Crippen molar-refractivity contribution in [2.24, 2.45) is 0 Å². The maximum Gasteiger partial charge on any atom is 0.314 e. The van der Waals surface area contributed by atoms with E-state index < -0.39 is 0 Å². The molecule has 2 N–H and O–H groups in total. The van der Waals surface area contributed by atoms with Gasteiger partial charge in [0.15, 0.2) is 0 Å². The number of amides is 2. The number of carbonyl (C=O) groups excluding carboxylic acids is 1. The molecule has 13 heavy (non-hydrogen) atoms. The summed E-state index contributed by atoms with van der Waals surface area (Å²) in [4.78, 5) is 11.1. The summed E-state index contributed by atoms with van der Waals surface area (Å²) in [6, 6.07) is -0.0452. The Labute approximate surface area is 84.0 Å². The molecule has 0 bridgehead atoms. The van der Waals surface area contributed by atoms with Crippen LogP contribution in [-0.2, 0) is 0 Å². The van der Waals surface area contributed by atoms with Gasteiger partial charge < -0.3 is 10.6 Å². The van der Waals surface area contributed by atoms with Crippen molar-refractivity contribution < 1.29 is 4.79 Å². The molecule has 76 valence electrons. The molecular weight excluding hydrogens is 184 g/mol. The topological polar surface area (TPSA) is 41.1 Å². The minimum absolute atomic E-state index is 0.0452. The van der Waals surface area contributed by atoms with Crippen LogP contribution in [0.15, 0.2) is 0 Å². The van der Waals surface area contributed by atoms with Crippen LogP contribution in [0, 0.1) is 0 Å². The van der Waals surface area contributed by atoms with E-state index in [2.05, 4.69) is 17.6 Å². The predicted molar refractivity (Wildman–Crippen MR) is 57.2 cm³/mol. The molecule has 3 nitrogen and oxygen atoms in total. The summed E-state index contributed by atoms with van der Waals surface area (Å²) >= 11 is 1.96. The molecule has 1 aliphatic rings. The van der Waals surface area contributed by atoms with E-state index in [0.29, 0.717) is 6.54 Å². The Morgan fingerprint density at radius 2 is 2.31 bits per heavy atom. The van der Waals surface area contributed by atoms with Crippen molar-refractivity contribution in [2.75, 3.05) is 18.8 Å². The summed E-state index contributed by atoms with van der Waals surface area (Å²) in [7, 11) is 0. The van der Waals surface area contributed by atoms with E-state index >= 15 is 0 Å². The molecule has 1 atom stereocenters. The van der Waals surface area contributed by atoms with Crippen LogP contribution < -0.4 is 10.6 Å². The second-order valence-electron chi connectivity index (χ2n) is 3.61. The fourth-order valence-electron chi connectivity index (χ4n) is 1.47. The minimum atomic E-state index is -0.0452. The van der Waals surface area contributed by atoms with Crippen LogP contribution in [0.25, 0.3) is 0 Å². The van der Waals surface area contributed by atoms with Gasteiger partial charge in [0.2, 0.25) is 0 Å². The van der Waals surface area contributed by atoms with Gasteiger partial charge in [-0.25, -0.2) is 4.79 Å². The lowest BCUT2D eigenvalue weighted by atomic mass is 10.1. The fraction of sp³-hybridized carbons (Fsp3) is 0.889. The Kier molecular flexibility index (Phi) is 3.90. The molecular formula is C9H18N2OS. The molecule has 0 aromatic carbocycles. The first-order chi connectivity index (χ1) is 6.16. The van der Waals surface area contributed by atoms with E-state index in [1.165, 1.54) is 18.6 Å². The average molecular weight is 202 g/mol. The van der Waals surface area contributed by atoms with Crippen molar-refractivity contribution in [3.05, 3.63) is 0 Å². The van der Waals surface area contributed by atoms with Gasteiger partial charge in [-0.1, -0.05) is 0 Å². The molecule has 0 aromatic heterocycles. The van der Waals surface area contributed by atoms with Crippen molar-refractivity contribution in [2.45, 2.75) is 31.4 Å². The molecule has 4 heteroatoms. The smallest absolute Gasteiger partial charge is 0.314 e. The number of nitrogens with one attached hydrogen (secondary N) is 2. The number of thioether (sulfide) groups is 1. The van der Waals surface area contributed by atoms with Gasteiger partial charge in [-0.15, -0.1) is 0 Å². The lowest BCUT2D eigenvalue weighted by molar-refractivity contribution is 0.240. The highest BCUT2D eigenvalue weighted by Crippen LogP contribution is 2.36. The summed E-state index contributed by atoms with van der Waals surface area (Å²) in [6.45, 7) is 5.61. The van der Waals surface area contributed by atoms with E-state index in [-0.39, 0.29) is 10.8 Å². The Morgan fingerprint density at radius 1 is 1.54 bits per heavy atom. The molecule has 1 heterocycles. The lowest BCUT2D eigenvalue weighted by Gasteiger charge is -2.22. The highest BCUT2D eigenvalue weighted by atomic mass is 32.2. The van der Waals surface area contributed by atoms with E-state index in [4.69, 9.17) is 0 Å². The number of hydrogen-bond acceptors (Lipinski definition) is 2. The van der Waals surface area contributed by atoms with Gasteiger partial charge in [0.1, 0.15) is 0 Å². The summed E-state index contributed by atoms with van der Waals surface area (Å²) in [5.74, 6) is 1.23. The van der Waals surface area contributed by atoms with Gasteiger partial charge in [0.25, 0.3) is 0 Å². The third kappa shape index (κ3) is 3.46. The molecule has 0 saturated carbocycles. The van der Waals surface area contributed by atoms with E-state index in [9.17, 15) is 4.79 Å². The van der Waals surface area contributed by atoms with E-state index in [0.717, 1.165) is 6.54 Å². The average Bonchev–Trinajstić information content (AvgIpc) is 2.51. The Bertz CT molecular complexity index is 178. The van der Waals surface area contributed by atoms with Crippen molar-refractivity contribution in [1.29, 1.82) is 0 Å². The zero-order chi connectivity index (χ0) is 9.73. The van der Waals surface area contributed by atoms with E-state index in [1.807, 2.05) is 18.7 Å². The van der Waals surface area contributed by atoms with Crippen LogP contribution in [0.5, 0.6) is 0 Å². The molecule has 2 amide bonds. The van der Waals surface area contributed by atoms with Gasteiger partial charge in [-0.05, 0) is 32.4 Å². The fourth-order valence-corrected chi connectivity index (χ4v) is 2.71. The quantitative estimate of drug-likeness (QED) is 0.729. The van der Waals surface area contributed by atoms with Crippen LogP contribution >= 0.6 is 11.8 Å².